The zero-order valence-corrected chi connectivity index (χ0v) is 16.0. The lowest BCUT2D eigenvalue weighted by molar-refractivity contribution is 0.579. The van der Waals surface area contributed by atoms with Gasteiger partial charge in [-0.25, -0.2) is 4.98 Å². The van der Waals surface area contributed by atoms with E-state index in [2.05, 4.69) is 33.8 Å². The number of nitrogens with one attached hydrogen (secondary N) is 2. The molecule has 3 heterocycles. The third-order valence-electron chi connectivity index (χ3n) is 4.87. The molecule has 2 aromatic carbocycles. The van der Waals surface area contributed by atoms with E-state index < -0.39 is 0 Å². The van der Waals surface area contributed by atoms with Gasteiger partial charge in [0, 0.05) is 35.4 Å². The summed E-state index contributed by atoms with van der Waals surface area (Å²) in [6, 6.07) is 22.3. The first kappa shape index (κ1) is 17.3. The van der Waals surface area contributed by atoms with Gasteiger partial charge in [-0.15, -0.1) is 0 Å². The number of furan rings is 1. The summed E-state index contributed by atoms with van der Waals surface area (Å²) in [5, 5.41) is 9.04. The van der Waals surface area contributed by atoms with Crippen molar-refractivity contribution in [3.05, 3.63) is 90.4 Å². The van der Waals surface area contributed by atoms with Gasteiger partial charge in [-0.05, 0) is 55.0 Å². The molecule has 0 aliphatic rings. The second-order valence-electron chi connectivity index (χ2n) is 6.99. The van der Waals surface area contributed by atoms with E-state index in [1.54, 1.807) is 6.20 Å². The number of rotatable bonds is 5. The molecular formula is C24H20N4O. The first-order chi connectivity index (χ1) is 14.3. The Balaban J connectivity index is 1.43. The van der Waals surface area contributed by atoms with Crippen molar-refractivity contribution in [1.82, 2.24) is 9.97 Å². The molecule has 0 aliphatic carbocycles. The van der Waals surface area contributed by atoms with Crippen LogP contribution in [0.5, 0.6) is 0 Å². The summed E-state index contributed by atoms with van der Waals surface area (Å²) >= 11 is 0. The number of fused-ring (bicyclic) bond motifs is 2. The van der Waals surface area contributed by atoms with E-state index in [9.17, 15) is 0 Å². The largest absolute Gasteiger partial charge is 0.459 e. The number of para-hydroxylation sites is 1. The maximum atomic E-state index is 5.85. The molecule has 0 unspecified atom stereocenters. The van der Waals surface area contributed by atoms with E-state index in [4.69, 9.17) is 9.40 Å². The molecule has 3 aromatic heterocycles. The molecule has 5 heteroatoms. The molecule has 5 nitrogen and oxygen atoms in total. The highest BCUT2D eigenvalue weighted by molar-refractivity contribution is 5.94. The monoisotopic (exact) mass is 380 g/mol. The second-order valence-corrected chi connectivity index (χ2v) is 6.99. The standard InChI is InChI=1S/C24H20N4O/c1-16-13-18-6-2-9-22(24(18)29-16)28-23-11-10-19-20(7-3-8-21(19)27-23)26-15-17-5-4-12-25-14-17/h2-14,26H,15H2,1H3,(H,27,28). The zero-order chi connectivity index (χ0) is 19.6. The Morgan fingerprint density at radius 2 is 1.83 bits per heavy atom. The van der Waals surface area contributed by atoms with Crippen molar-refractivity contribution in [3.63, 3.8) is 0 Å². The van der Waals surface area contributed by atoms with Gasteiger partial charge in [0.2, 0.25) is 0 Å². The Labute approximate surface area is 168 Å². The molecule has 0 radical (unpaired) electrons. The van der Waals surface area contributed by atoms with Gasteiger partial charge in [0.15, 0.2) is 5.58 Å². The van der Waals surface area contributed by atoms with Crippen molar-refractivity contribution in [1.29, 1.82) is 0 Å². The predicted molar refractivity (Wildman–Crippen MR) is 118 cm³/mol. The lowest BCUT2D eigenvalue weighted by Gasteiger charge is -2.11. The number of pyridine rings is 2. The van der Waals surface area contributed by atoms with E-state index in [1.165, 1.54) is 0 Å². The summed E-state index contributed by atoms with van der Waals surface area (Å²) in [6.07, 6.45) is 3.65. The van der Waals surface area contributed by atoms with Gasteiger partial charge in [-0.1, -0.05) is 24.3 Å². The molecule has 5 rings (SSSR count). The van der Waals surface area contributed by atoms with Crippen LogP contribution >= 0.6 is 0 Å². The SMILES string of the molecule is Cc1cc2cccc(Nc3ccc4c(NCc5cccnc5)cccc4n3)c2o1. The minimum absolute atomic E-state index is 0.715. The first-order valence-corrected chi connectivity index (χ1v) is 9.55. The Bertz CT molecular complexity index is 1290. The van der Waals surface area contributed by atoms with Crippen LogP contribution in [0.1, 0.15) is 11.3 Å². The first-order valence-electron chi connectivity index (χ1n) is 9.55. The number of hydrogen-bond acceptors (Lipinski definition) is 5. The molecule has 0 bridgehead atoms. The van der Waals surface area contributed by atoms with E-state index in [-0.39, 0.29) is 0 Å². The predicted octanol–water partition coefficient (Wildman–Crippen LogP) is 6.04. The quantitative estimate of drug-likeness (QED) is 0.389. The average molecular weight is 380 g/mol. The van der Waals surface area contributed by atoms with Crippen LogP contribution < -0.4 is 10.6 Å². The van der Waals surface area contributed by atoms with Crippen LogP contribution in [0, 0.1) is 6.92 Å². The zero-order valence-electron chi connectivity index (χ0n) is 16.0. The number of hydrogen-bond donors (Lipinski definition) is 2. The Morgan fingerprint density at radius 3 is 2.72 bits per heavy atom. The number of benzene rings is 2. The van der Waals surface area contributed by atoms with Gasteiger partial charge >= 0.3 is 0 Å². The molecule has 0 atom stereocenters. The Kier molecular flexibility index (Phi) is 4.33. The molecule has 5 aromatic rings. The summed E-state index contributed by atoms with van der Waals surface area (Å²) in [5.41, 5.74) is 4.87. The van der Waals surface area contributed by atoms with Crippen molar-refractivity contribution in [2.24, 2.45) is 0 Å². The lowest BCUT2D eigenvalue weighted by Crippen LogP contribution is -2.01. The van der Waals surface area contributed by atoms with Gasteiger partial charge in [0.05, 0.1) is 11.2 Å². The number of anilines is 3. The van der Waals surface area contributed by atoms with Crippen LogP contribution in [0.3, 0.4) is 0 Å². The van der Waals surface area contributed by atoms with Gasteiger partial charge in [0.1, 0.15) is 11.6 Å². The van der Waals surface area contributed by atoms with Crippen LogP contribution in [-0.4, -0.2) is 9.97 Å². The van der Waals surface area contributed by atoms with E-state index in [0.717, 1.165) is 50.4 Å². The molecule has 0 spiro atoms. The van der Waals surface area contributed by atoms with E-state index in [0.29, 0.717) is 6.54 Å². The summed E-state index contributed by atoms with van der Waals surface area (Å²) in [5.74, 6) is 1.67. The van der Waals surface area contributed by atoms with E-state index >= 15 is 0 Å². The maximum Gasteiger partial charge on any atom is 0.157 e. The highest BCUT2D eigenvalue weighted by Gasteiger charge is 2.08. The van der Waals surface area contributed by atoms with Gasteiger partial charge in [0.25, 0.3) is 0 Å². The van der Waals surface area contributed by atoms with Crippen LogP contribution in [0.25, 0.3) is 21.9 Å². The highest BCUT2D eigenvalue weighted by atomic mass is 16.3. The number of aryl methyl sites for hydroxylation is 1. The van der Waals surface area contributed by atoms with Crippen molar-refractivity contribution < 1.29 is 4.42 Å². The highest BCUT2D eigenvalue weighted by Crippen LogP contribution is 2.30. The van der Waals surface area contributed by atoms with Gasteiger partial charge < -0.3 is 15.1 Å². The minimum atomic E-state index is 0.715. The fourth-order valence-corrected chi connectivity index (χ4v) is 3.51. The number of nitrogens with zero attached hydrogens (tertiary/aromatic N) is 2. The maximum absolute atomic E-state index is 5.85. The fourth-order valence-electron chi connectivity index (χ4n) is 3.51. The summed E-state index contributed by atoms with van der Waals surface area (Å²) < 4.78 is 5.85. The Hall–Kier alpha value is -3.86. The van der Waals surface area contributed by atoms with Gasteiger partial charge in [-0.3, -0.25) is 4.98 Å². The fraction of sp³-hybridized carbons (Fsp3) is 0.0833. The molecule has 0 saturated carbocycles. The summed E-state index contributed by atoms with van der Waals surface area (Å²) in [4.78, 5) is 8.96. The van der Waals surface area contributed by atoms with E-state index in [1.807, 2.05) is 61.7 Å². The van der Waals surface area contributed by atoms with Crippen molar-refractivity contribution in [3.8, 4) is 0 Å². The third-order valence-corrected chi connectivity index (χ3v) is 4.87. The van der Waals surface area contributed by atoms with Crippen LogP contribution in [0.4, 0.5) is 17.2 Å². The second kappa shape index (κ2) is 7.28. The molecule has 142 valence electrons. The molecule has 2 N–H and O–H groups in total. The normalized spacial score (nSPS) is 11.1. The van der Waals surface area contributed by atoms with Gasteiger partial charge in [-0.2, -0.15) is 0 Å². The van der Waals surface area contributed by atoms with Crippen molar-refractivity contribution >= 4 is 39.1 Å². The van der Waals surface area contributed by atoms with Crippen molar-refractivity contribution in [2.75, 3.05) is 10.6 Å². The third kappa shape index (κ3) is 3.50. The lowest BCUT2D eigenvalue weighted by atomic mass is 10.1. The topological polar surface area (TPSA) is 63.0 Å². The number of aromatic nitrogens is 2. The summed E-state index contributed by atoms with van der Waals surface area (Å²) in [6.45, 7) is 2.67. The molecule has 0 saturated heterocycles. The Morgan fingerprint density at radius 1 is 0.931 bits per heavy atom. The minimum Gasteiger partial charge on any atom is -0.459 e. The van der Waals surface area contributed by atoms with Crippen molar-refractivity contribution in [2.45, 2.75) is 13.5 Å². The molecule has 0 amide bonds. The van der Waals surface area contributed by atoms with Crippen LogP contribution in [0.15, 0.2) is 83.5 Å². The molecule has 0 fully saturated rings. The molecule has 0 aliphatic heterocycles. The summed E-state index contributed by atoms with van der Waals surface area (Å²) in [7, 11) is 0. The molecule has 29 heavy (non-hydrogen) atoms. The van der Waals surface area contributed by atoms with Crippen LogP contribution in [0.2, 0.25) is 0 Å². The van der Waals surface area contributed by atoms with Crippen LogP contribution in [-0.2, 0) is 6.54 Å². The smallest absolute Gasteiger partial charge is 0.157 e. The average Bonchev–Trinajstić information content (AvgIpc) is 3.14. The molecular weight excluding hydrogens is 360 g/mol.